The van der Waals surface area contributed by atoms with Gasteiger partial charge >= 0.3 is 11.9 Å². The number of rotatable bonds is 13. The molecule has 3 rings (SSSR count). The van der Waals surface area contributed by atoms with E-state index in [1.54, 1.807) is 72.9 Å². The first-order chi connectivity index (χ1) is 26.3. The van der Waals surface area contributed by atoms with Crippen LogP contribution in [-0.2, 0) is 49.3 Å². The molecule has 0 saturated carbocycles. The van der Waals surface area contributed by atoms with E-state index in [0.29, 0.717) is 18.6 Å². The van der Waals surface area contributed by atoms with Crippen molar-refractivity contribution in [2.45, 2.75) is 141 Å². The van der Waals surface area contributed by atoms with Crippen molar-refractivity contribution in [3.05, 3.63) is 35.9 Å². The molecule has 15 nitrogen and oxygen atoms in total. The lowest BCUT2D eigenvalue weighted by atomic mass is 9.73. The molecule has 0 aliphatic carbocycles. The molecular weight excluding hydrogens is 728 g/mol. The standard InChI is InChI=1S/C41H68N2O13/c1-12-31-41(8,49)36(46)26(4)33(42-52-23-51-19-18-50-11)24(2)22-40(7,48)37(56-39-34(45)30(43(9)10)20-25(3)53-39)27(5)35(28(6)38(47)54-31)55-32(44)21-29-16-14-13-15-17-29/h13-17,24-28,30-31,34-37,39,45-46,48-49H,12,18-23H2,1-11H3/t24?,25-,26?,27?,28?,30+,31?,34-,35?,36?,37?,39+,40?,41?/m1/s1. The second kappa shape index (κ2) is 21.3. The number of benzene rings is 1. The molecule has 14 atom stereocenters. The number of methoxy groups -OCH3 is 1. The van der Waals surface area contributed by atoms with Gasteiger partial charge in [0.05, 0.1) is 55.2 Å². The van der Waals surface area contributed by atoms with Gasteiger partial charge in [-0.25, -0.2) is 0 Å². The Morgan fingerprint density at radius 1 is 1.02 bits per heavy atom. The first kappa shape index (κ1) is 47.6. The number of cyclic esters (lactones) is 1. The van der Waals surface area contributed by atoms with Gasteiger partial charge in [-0.1, -0.05) is 63.2 Å². The normalized spacial score (nSPS) is 38.5. The molecule has 56 heavy (non-hydrogen) atoms. The highest BCUT2D eigenvalue weighted by atomic mass is 16.7. The van der Waals surface area contributed by atoms with E-state index >= 15 is 0 Å². The molecule has 1 aromatic rings. The van der Waals surface area contributed by atoms with E-state index < -0.39 is 83.6 Å². The van der Waals surface area contributed by atoms with Crippen molar-refractivity contribution in [1.82, 2.24) is 4.90 Å². The molecule has 0 aromatic heterocycles. The summed E-state index contributed by atoms with van der Waals surface area (Å²) in [6, 6.07) is 8.67. The number of carbonyl (C=O) groups is 2. The fourth-order valence-electron chi connectivity index (χ4n) is 8.09. The Morgan fingerprint density at radius 3 is 2.29 bits per heavy atom. The Morgan fingerprint density at radius 2 is 1.68 bits per heavy atom. The summed E-state index contributed by atoms with van der Waals surface area (Å²) in [5.41, 5.74) is -2.78. The molecule has 0 radical (unpaired) electrons. The van der Waals surface area contributed by atoms with Gasteiger partial charge in [0.25, 0.3) is 0 Å². The second-order valence-corrected chi connectivity index (χ2v) is 16.3. The van der Waals surface area contributed by atoms with Gasteiger partial charge in [-0.05, 0) is 66.6 Å². The molecule has 0 amide bonds. The van der Waals surface area contributed by atoms with Crippen LogP contribution < -0.4 is 0 Å². The molecule has 4 N–H and O–H groups in total. The molecule has 15 heteroatoms. The number of esters is 2. The summed E-state index contributed by atoms with van der Waals surface area (Å²) in [6.45, 7) is 13.6. The number of aliphatic hydroxyl groups excluding tert-OH is 2. The van der Waals surface area contributed by atoms with Crippen LogP contribution in [0.25, 0.3) is 0 Å². The lowest BCUT2D eigenvalue weighted by molar-refractivity contribution is -0.299. The van der Waals surface area contributed by atoms with Crippen LogP contribution in [-0.4, -0.2) is 144 Å². The maximum absolute atomic E-state index is 14.1. The molecule has 2 fully saturated rings. The highest BCUT2D eigenvalue weighted by molar-refractivity contribution is 5.88. The van der Waals surface area contributed by atoms with Crippen molar-refractivity contribution in [1.29, 1.82) is 0 Å². The molecule has 10 unspecified atom stereocenters. The van der Waals surface area contributed by atoms with Crippen molar-refractivity contribution in [3.63, 3.8) is 0 Å². The molecule has 2 saturated heterocycles. The van der Waals surface area contributed by atoms with Gasteiger partial charge in [0, 0.05) is 30.9 Å². The van der Waals surface area contributed by atoms with Gasteiger partial charge in [0.15, 0.2) is 6.29 Å². The number of hydrogen-bond donors (Lipinski definition) is 4. The van der Waals surface area contributed by atoms with Crippen LogP contribution in [0, 0.1) is 23.7 Å². The lowest BCUT2D eigenvalue weighted by Crippen LogP contribution is -2.60. The third-order valence-electron chi connectivity index (χ3n) is 11.3. The number of likely N-dealkylation sites (N-methyl/N-ethyl adjacent to an activating group) is 1. The number of nitrogens with zero attached hydrogens (tertiary/aromatic N) is 2. The van der Waals surface area contributed by atoms with Crippen LogP contribution in [0.15, 0.2) is 35.5 Å². The highest BCUT2D eigenvalue weighted by Crippen LogP contribution is 2.39. The average Bonchev–Trinajstić information content (AvgIpc) is 3.14. The van der Waals surface area contributed by atoms with Gasteiger partial charge in [0.1, 0.15) is 23.9 Å². The maximum atomic E-state index is 14.1. The summed E-state index contributed by atoms with van der Waals surface area (Å²) in [5.74, 6) is -4.99. The predicted molar refractivity (Wildman–Crippen MR) is 207 cm³/mol. The first-order valence-electron chi connectivity index (χ1n) is 19.7. The zero-order valence-electron chi connectivity index (χ0n) is 35.1. The quantitative estimate of drug-likeness (QED) is 0.0985. The first-order valence-corrected chi connectivity index (χ1v) is 19.7. The van der Waals surface area contributed by atoms with E-state index in [0.717, 1.165) is 0 Å². The summed E-state index contributed by atoms with van der Waals surface area (Å²) >= 11 is 0. The molecule has 1 aromatic carbocycles. The van der Waals surface area contributed by atoms with Crippen molar-refractivity contribution >= 4 is 17.7 Å². The van der Waals surface area contributed by atoms with Crippen molar-refractivity contribution < 1.29 is 63.3 Å². The van der Waals surface area contributed by atoms with Gasteiger partial charge in [0.2, 0.25) is 6.79 Å². The van der Waals surface area contributed by atoms with Gasteiger partial charge in [-0.2, -0.15) is 0 Å². The average molecular weight is 797 g/mol. The van der Waals surface area contributed by atoms with Crippen molar-refractivity contribution in [3.8, 4) is 0 Å². The Balaban J connectivity index is 2.18. The van der Waals surface area contributed by atoms with E-state index in [4.69, 9.17) is 33.3 Å². The Kier molecular flexibility index (Phi) is 18.1. The fraction of sp³-hybridized carbons (Fsp3) is 0.780. The van der Waals surface area contributed by atoms with Gasteiger partial charge < -0.3 is 58.6 Å². The molecule has 0 bridgehead atoms. The molecule has 320 valence electrons. The largest absolute Gasteiger partial charge is 0.461 e. The summed E-state index contributed by atoms with van der Waals surface area (Å²) < 4.78 is 35.4. The Labute approximate surface area is 332 Å². The van der Waals surface area contributed by atoms with Crippen molar-refractivity contribution in [2.24, 2.45) is 28.8 Å². The minimum absolute atomic E-state index is 0.0515. The Bertz CT molecular complexity index is 1390. The minimum atomic E-state index is -1.98. The summed E-state index contributed by atoms with van der Waals surface area (Å²) in [7, 11) is 5.24. The number of hydrogen-bond acceptors (Lipinski definition) is 15. The fourth-order valence-corrected chi connectivity index (χ4v) is 8.09. The number of aliphatic hydroxyl groups is 4. The minimum Gasteiger partial charge on any atom is -0.461 e. The van der Waals surface area contributed by atoms with E-state index in [-0.39, 0.29) is 50.5 Å². The number of oxime groups is 1. The topological polar surface area (TPSA) is 195 Å². The molecular formula is C41H68N2O13. The third-order valence-corrected chi connectivity index (χ3v) is 11.3. The van der Waals surface area contributed by atoms with Crippen LogP contribution in [0.2, 0.25) is 0 Å². The van der Waals surface area contributed by atoms with E-state index in [2.05, 4.69) is 5.16 Å². The van der Waals surface area contributed by atoms with Crippen LogP contribution in [0.5, 0.6) is 0 Å². The zero-order chi connectivity index (χ0) is 42.0. The monoisotopic (exact) mass is 796 g/mol. The van der Waals surface area contributed by atoms with Crippen LogP contribution in [0.3, 0.4) is 0 Å². The molecule has 0 spiro atoms. The lowest BCUT2D eigenvalue weighted by Gasteiger charge is -2.47. The number of ether oxygens (including phenoxy) is 6. The maximum Gasteiger partial charge on any atom is 0.312 e. The van der Waals surface area contributed by atoms with Gasteiger partial charge in [-0.3, -0.25) is 9.59 Å². The second-order valence-electron chi connectivity index (χ2n) is 16.3. The van der Waals surface area contributed by atoms with E-state index in [9.17, 15) is 30.0 Å². The summed E-state index contributed by atoms with van der Waals surface area (Å²) in [6.07, 6.45) is -7.29. The van der Waals surface area contributed by atoms with Crippen molar-refractivity contribution in [2.75, 3.05) is 41.2 Å². The smallest absolute Gasteiger partial charge is 0.312 e. The number of carbonyl (C=O) groups excluding carboxylic acids is 2. The summed E-state index contributed by atoms with van der Waals surface area (Å²) in [4.78, 5) is 35.2. The molecule has 2 heterocycles. The SMILES string of the molecule is CCC1OC(=O)C(C)C(OC(=O)Cc2ccccc2)C(C)C(O[C@@H]2O[C@H](C)C[C@H](N(C)C)[C@H]2O)C(C)(O)CC(C)C(=NOCOCCOC)C(C)C(O)C1(C)O. The highest BCUT2D eigenvalue weighted by Gasteiger charge is 2.52. The van der Waals surface area contributed by atoms with Crippen LogP contribution in [0.4, 0.5) is 0 Å². The molecule has 2 aliphatic rings. The predicted octanol–water partition coefficient (Wildman–Crippen LogP) is 3.08. The van der Waals surface area contributed by atoms with Crippen LogP contribution in [0.1, 0.15) is 80.2 Å². The van der Waals surface area contributed by atoms with E-state index in [1.807, 2.05) is 32.0 Å². The van der Waals surface area contributed by atoms with E-state index in [1.165, 1.54) is 6.92 Å². The van der Waals surface area contributed by atoms with Crippen LogP contribution >= 0.6 is 0 Å². The third kappa shape index (κ3) is 12.4. The Hall–Kier alpha value is -2.73. The van der Waals surface area contributed by atoms with Gasteiger partial charge in [-0.15, -0.1) is 0 Å². The summed E-state index contributed by atoms with van der Waals surface area (Å²) in [5, 5.41) is 52.2. The molecule has 2 aliphatic heterocycles. The zero-order valence-corrected chi connectivity index (χ0v) is 35.1.